The Balaban J connectivity index is 1.75. The van der Waals surface area contributed by atoms with E-state index in [0.29, 0.717) is 13.0 Å². The molecular formula is C16H17BrN2O2. The number of rotatable bonds is 6. The molecule has 2 rings (SSSR count). The van der Waals surface area contributed by atoms with Gasteiger partial charge in [-0.1, -0.05) is 28.1 Å². The average molecular weight is 349 g/mol. The molecular weight excluding hydrogens is 332 g/mol. The van der Waals surface area contributed by atoms with Crippen molar-refractivity contribution in [2.45, 2.75) is 19.4 Å². The molecule has 2 aromatic rings. The van der Waals surface area contributed by atoms with Crippen LogP contribution in [0.15, 0.2) is 53.1 Å². The molecule has 4 nitrogen and oxygen atoms in total. The number of benzene rings is 1. The predicted octanol–water partition coefficient (Wildman–Crippen LogP) is 3.49. The predicted molar refractivity (Wildman–Crippen MR) is 85.0 cm³/mol. The summed E-state index contributed by atoms with van der Waals surface area (Å²) in [6.45, 7) is 2.26. The lowest BCUT2D eigenvalue weighted by molar-refractivity contribution is -0.122. The maximum Gasteiger partial charge on any atom is 0.223 e. The molecule has 0 saturated heterocycles. The van der Waals surface area contributed by atoms with Crippen molar-refractivity contribution >= 4 is 21.8 Å². The van der Waals surface area contributed by atoms with Gasteiger partial charge < -0.3 is 10.1 Å². The van der Waals surface area contributed by atoms with Crippen molar-refractivity contribution < 1.29 is 9.53 Å². The van der Waals surface area contributed by atoms with Crippen LogP contribution in [-0.2, 0) is 4.79 Å². The molecule has 5 heteroatoms. The summed E-state index contributed by atoms with van der Waals surface area (Å²) in [5.41, 5.74) is 0.846. The summed E-state index contributed by atoms with van der Waals surface area (Å²) in [6, 6.07) is 13.1. The van der Waals surface area contributed by atoms with Crippen LogP contribution in [0.3, 0.4) is 0 Å². The van der Waals surface area contributed by atoms with E-state index in [4.69, 9.17) is 4.74 Å². The highest BCUT2D eigenvalue weighted by Crippen LogP contribution is 2.17. The third-order valence-corrected chi connectivity index (χ3v) is 3.40. The normalized spacial score (nSPS) is 11.7. The zero-order valence-electron chi connectivity index (χ0n) is 11.8. The maximum absolute atomic E-state index is 11.9. The molecule has 110 valence electrons. The molecule has 0 aliphatic heterocycles. The van der Waals surface area contributed by atoms with Crippen LogP contribution >= 0.6 is 15.9 Å². The van der Waals surface area contributed by atoms with E-state index in [2.05, 4.69) is 26.2 Å². The van der Waals surface area contributed by atoms with Crippen LogP contribution in [0, 0.1) is 0 Å². The fourth-order valence-corrected chi connectivity index (χ4v) is 2.22. The van der Waals surface area contributed by atoms with Gasteiger partial charge in [-0.15, -0.1) is 0 Å². The van der Waals surface area contributed by atoms with Gasteiger partial charge in [0.15, 0.2) is 0 Å². The Labute approximate surface area is 132 Å². The van der Waals surface area contributed by atoms with Gasteiger partial charge in [0, 0.05) is 10.7 Å². The van der Waals surface area contributed by atoms with Crippen LogP contribution in [0.4, 0.5) is 0 Å². The van der Waals surface area contributed by atoms with Gasteiger partial charge in [0.25, 0.3) is 0 Å². The highest BCUT2D eigenvalue weighted by atomic mass is 79.9. The average Bonchev–Trinajstić information content (AvgIpc) is 2.48. The van der Waals surface area contributed by atoms with Crippen molar-refractivity contribution in [2.75, 3.05) is 6.61 Å². The Kier molecular flexibility index (Phi) is 5.75. The monoisotopic (exact) mass is 348 g/mol. The van der Waals surface area contributed by atoms with Crippen molar-refractivity contribution in [2.24, 2.45) is 0 Å². The third-order valence-electron chi connectivity index (χ3n) is 2.90. The van der Waals surface area contributed by atoms with Crippen LogP contribution in [0.25, 0.3) is 0 Å². The Hall–Kier alpha value is -1.88. The summed E-state index contributed by atoms with van der Waals surface area (Å²) < 4.78 is 6.49. The van der Waals surface area contributed by atoms with Crippen LogP contribution in [0.5, 0.6) is 5.75 Å². The number of hydrogen-bond donors (Lipinski definition) is 1. The number of carbonyl (C=O) groups excluding carboxylic acids is 1. The maximum atomic E-state index is 11.9. The molecule has 0 saturated carbocycles. The fraction of sp³-hybridized carbons (Fsp3) is 0.250. The quantitative estimate of drug-likeness (QED) is 0.869. The zero-order valence-corrected chi connectivity index (χ0v) is 13.3. The second kappa shape index (κ2) is 7.78. The lowest BCUT2D eigenvalue weighted by Gasteiger charge is -2.13. The number of amides is 1. The second-order valence-corrected chi connectivity index (χ2v) is 5.52. The number of carbonyl (C=O) groups is 1. The number of aromatic nitrogens is 1. The topological polar surface area (TPSA) is 51.2 Å². The highest BCUT2D eigenvalue weighted by Gasteiger charge is 2.10. The number of nitrogens with zero attached hydrogens (tertiary/aromatic N) is 1. The molecule has 0 bridgehead atoms. The number of halogens is 1. The van der Waals surface area contributed by atoms with Gasteiger partial charge in [-0.2, -0.15) is 0 Å². The first kappa shape index (κ1) is 15.5. The van der Waals surface area contributed by atoms with Crippen LogP contribution in [-0.4, -0.2) is 17.5 Å². The van der Waals surface area contributed by atoms with E-state index in [1.165, 1.54) is 0 Å². The van der Waals surface area contributed by atoms with Gasteiger partial charge in [-0.3, -0.25) is 9.78 Å². The van der Waals surface area contributed by atoms with Crippen LogP contribution < -0.4 is 10.1 Å². The van der Waals surface area contributed by atoms with Gasteiger partial charge in [0.2, 0.25) is 5.91 Å². The van der Waals surface area contributed by atoms with Gasteiger partial charge in [0.1, 0.15) is 5.75 Å². The van der Waals surface area contributed by atoms with E-state index in [1.807, 2.05) is 49.4 Å². The molecule has 1 unspecified atom stereocenters. The molecule has 0 fully saturated rings. The van der Waals surface area contributed by atoms with E-state index >= 15 is 0 Å². The minimum Gasteiger partial charge on any atom is -0.493 e. The van der Waals surface area contributed by atoms with E-state index in [0.717, 1.165) is 15.9 Å². The highest BCUT2D eigenvalue weighted by molar-refractivity contribution is 9.10. The molecule has 1 N–H and O–H groups in total. The van der Waals surface area contributed by atoms with Crippen molar-refractivity contribution in [3.63, 3.8) is 0 Å². The number of hydrogen-bond acceptors (Lipinski definition) is 3. The Bertz CT molecular complexity index is 590. The van der Waals surface area contributed by atoms with E-state index in [1.54, 1.807) is 6.20 Å². The molecule has 0 spiro atoms. The Morgan fingerprint density at radius 1 is 1.33 bits per heavy atom. The van der Waals surface area contributed by atoms with Crippen molar-refractivity contribution in [1.82, 2.24) is 10.3 Å². The minimum absolute atomic E-state index is 0.0526. The van der Waals surface area contributed by atoms with Gasteiger partial charge in [-0.05, 0) is 37.3 Å². The van der Waals surface area contributed by atoms with E-state index in [-0.39, 0.29) is 11.9 Å². The lowest BCUT2D eigenvalue weighted by atomic mass is 10.2. The van der Waals surface area contributed by atoms with Crippen molar-refractivity contribution in [3.05, 3.63) is 58.8 Å². The smallest absolute Gasteiger partial charge is 0.223 e. The SMILES string of the molecule is CC(NC(=O)CCOc1cccc(Br)c1)c1ccccn1. The molecule has 21 heavy (non-hydrogen) atoms. The summed E-state index contributed by atoms with van der Waals surface area (Å²) in [6.07, 6.45) is 2.03. The van der Waals surface area contributed by atoms with Gasteiger partial charge in [-0.25, -0.2) is 0 Å². The van der Waals surface area contributed by atoms with Crippen molar-refractivity contribution in [3.8, 4) is 5.75 Å². The van der Waals surface area contributed by atoms with E-state index in [9.17, 15) is 4.79 Å². The zero-order chi connectivity index (χ0) is 15.1. The van der Waals surface area contributed by atoms with Crippen LogP contribution in [0.2, 0.25) is 0 Å². The summed E-state index contributed by atoms with van der Waals surface area (Å²) in [5, 5.41) is 2.90. The first-order valence-corrected chi connectivity index (χ1v) is 7.53. The molecule has 1 atom stereocenters. The second-order valence-electron chi connectivity index (χ2n) is 4.60. The molecule has 0 aliphatic carbocycles. The summed E-state index contributed by atoms with van der Waals surface area (Å²) in [7, 11) is 0. The first-order valence-electron chi connectivity index (χ1n) is 6.74. The largest absolute Gasteiger partial charge is 0.493 e. The fourth-order valence-electron chi connectivity index (χ4n) is 1.84. The van der Waals surface area contributed by atoms with Crippen molar-refractivity contribution in [1.29, 1.82) is 0 Å². The van der Waals surface area contributed by atoms with Gasteiger partial charge in [0.05, 0.1) is 24.8 Å². The third kappa shape index (κ3) is 5.19. The van der Waals surface area contributed by atoms with Gasteiger partial charge >= 0.3 is 0 Å². The summed E-state index contributed by atoms with van der Waals surface area (Å²) >= 11 is 3.38. The standard InChI is InChI=1S/C16H17BrN2O2/c1-12(15-7-2-3-9-18-15)19-16(20)8-10-21-14-6-4-5-13(17)11-14/h2-7,9,11-12H,8,10H2,1H3,(H,19,20). The summed E-state index contributed by atoms with van der Waals surface area (Å²) in [5.74, 6) is 0.693. The number of pyridine rings is 1. The Morgan fingerprint density at radius 2 is 2.19 bits per heavy atom. The molecule has 0 aliphatic rings. The molecule has 0 radical (unpaired) electrons. The molecule has 1 amide bonds. The minimum atomic E-state index is -0.107. The summed E-state index contributed by atoms with van der Waals surface area (Å²) in [4.78, 5) is 16.1. The molecule has 1 aromatic heterocycles. The van der Waals surface area contributed by atoms with Crippen LogP contribution in [0.1, 0.15) is 25.1 Å². The van der Waals surface area contributed by atoms with E-state index < -0.39 is 0 Å². The number of ether oxygens (including phenoxy) is 1. The lowest BCUT2D eigenvalue weighted by Crippen LogP contribution is -2.28. The first-order chi connectivity index (χ1) is 10.1. The molecule has 1 heterocycles. The number of nitrogens with one attached hydrogen (secondary N) is 1. The Morgan fingerprint density at radius 3 is 2.90 bits per heavy atom. The molecule has 1 aromatic carbocycles.